The Morgan fingerprint density at radius 1 is 0.818 bits per heavy atom. The Morgan fingerprint density at radius 2 is 0.879 bits per heavy atom. The van der Waals surface area contributed by atoms with E-state index in [4.69, 9.17) is 18.7 Å². The number of amides is 1. The normalized spacial score (nSPS) is 8.30. The maximum atomic E-state index is 10.1. The summed E-state index contributed by atoms with van der Waals surface area (Å²) in [7, 11) is -1.10. The van der Waals surface area contributed by atoms with Crippen LogP contribution in [0.2, 0.25) is 0 Å². The summed E-state index contributed by atoms with van der Waals surface area (Å²) < 4.78 is 48.6. The van der Waals surface area contributed by atoms with Gasteiger partial charge in [-0.05, 0) is 20.8 Å². The van der Waals surface area contributed by atoms with Crippen LogP contribution in [-0.4, -0.2) is 87.2 Å². The molecule has 0 unspecified atom stereocenters. The van der Waals surface area contributed by atoms with Crippen molar-refractivity contribution < 1.29 is 211 Å². The largest absolute Gasteiger partial charge is 1.00 e. The molecule has 0 atom stereocenters. The van der Waals surface area contributed by atoms with Crippen LogP contribution in [0, 0.1) is 0 Å². The van der Waals surface area contributed by atoms with E-state index in [1.54, 1.807) is 14.1 Å². The van der Waals surface area contributed by atoms with Gasteiger partial charge in [0.2, 0.25) is 0 Å². The van der Waals surface area contributed by atoms with Crippen LogP contribution in [0.25, 0.3) is 15.4 Å². The predicted octanol–water partition coefficient (Wildman–Crippen LogP) is -5.41. The van der Waals surface area contributed by atoms with Crippen LogP contribution in [0.1, 0.15) is 48.5 Å². The van der Waals surface area contributed by atoms with Crippen molar-refractivity contribution >= 4 is 38.1 Å². The number of carbonyl (C=O) groups excluding carboxylic acids is 3. The molecule has 11 nitrogen and oxygen atoms in total. The van der Waals surface area contributed by atoms with Crippen molar-refractivity contribution in [2.24, 2.45) is 0 Å². The number of nitrogens with zero attached hydrogens (tertiary/aromatic N) is 3. The third-order valence-electron chi connectivity index (χ3n) is 0.735. The zero-order valence-electron chi connectivity index (χ0n) is 24.2. The molecular weight excluding hydrogens is 695 g/mol. The zero-order valence-corrected chi connectivity index (χ0v) is 40.5. The van der Waals surface area contributed by atoms with Crippen molar-refractivity contribution in [3.8, 4) is 0 Å². The maximum Gasteiger partial charge on any atom is 1.00 e. The summed E-state index contributed by atoms with van der Waals surface area (Å²) >= 11 is 0. The second-order valence-corrected chi connectivity index (χ2v) is 9.19. The number of hydrogen-bond donors (Lipinski definition) is 2. The van der Waals surface area contributed by atoms with Crippen LogP contribution in [0.3, 0.4) is 0 Å². The van der Waals surface area contributed by atoms with E-state index in [0.29, 0.717) is 0 Å². The molecule has 0 spiro atoms. The number of carbonyl (C=O) groups is 3. The van der Waals surface area contributed by atoms with Gasteiger partial charge in [0.15, 0.2) is 0 Å². The summed E-state index contributed by atoms with van der Waals surface area (Å²) in [5.41, 5.74) is 0. The van der Waals surface area contributed by atoms with Gasteiger partial charge in [-0.25, -0.2) is 8.42 Å². The third kappa shape index (κ3) is 409. The maximum absolute atomic E-state index is 10.1. The first-order valence-electron chi connectivity index (χ1n) is 8.62. The van der Waals surface area contributed by atoms with Crippen LogP contribution in [0.15, 0.2) is 0 Å². The summed E-state index contributed by atoms with van der Waals surface area (Å²) in [6, 6.07) is 0. The van der Waals surface area contributed by atoms with Crippen molar-refractivity contribution in [3.63, 3.8) is 0 Å². The van der Waals surface area contributed by atoms with Gasteiger partial charge in [0, 0.05) is 34.5 Å². The summed E-state index contributed by atoms with van der Waals surface area (Å²) in [4.78, 5) is 27.3. The molecule has 0 aromatic carbocycles. The van der Waals surface area contributed by atoms with Gasteiger partial charge in [-0.2, -0.15) is 21.1 Å². The van der Waals surface area contributed by atoms with Crippen molar-refractivity contribution in [1.29, 1.82) is 0 Å². The van der Waals surface area contributed by atoms with Gasteiger partial charge in [0.05, 0.1) is 0 Å². The van der Waals surface area contributed by atoms with E-state index >= 15 is 0 Å². The average molecular weight is 741 g/mol. The average Bonchev–Trinajstić information content (AvgIpc) is 2.58. The first kappa shape index (κ1) is 71.0. The molecule has 192 valence electrons. The molecule has 0 saturated heterocycles. The molecule has 33 heavy (non-hydrogen) atoms. The van der Waals surface area contributed by atoms with Crippen LogP contribution in [0.5, 0.6) is 0 Å². The molecule has 0 aliphatic rings. The van der Waals surface area contributed by atoms with Crippen LogP contribution in [0.4, 0.5) is 0 Å². The Kier molecular flexibility index (Phi) is 121. The molecule has 0 heterocycles. The van der Waals surface area contributed by atoms with Crippen LogP contribution >= 0.6 is 0 Å². The van der Waals surface area contributed by atoms with Gasteiger partial charge in [0.25, 0.3) is 0 Å². The molecule has 16 heteroatoms. The van der Waals surface area contributed by atoms with E-state index in [9.17, 15) is 17.4 Å². The smallest absolute Gasteiger partial charge is 0.668 e. The van der Waals surface area contributed by atoms with Gasteiger partial charge < -0.3 is 38.8 Å². The van der Waals surface area contributed by atoms with E-state index < -0.39 is 19.7 Å². The third-order valence-corrected chi connectivity index (χ3v) is 1.58. The number of hydrogen-bond acceptors (Lipinski definition) is 6. The Bertz CT molecular complexity index is 481. The number of rotatable bonds is 1. The standard InChI is InChI=1S/C3H7NO.C2H8NO3S.C2H6N.C2H6O2S.2C2H4O.2C2H6.3Rb/c1-3(5)4-2;1-3-7(2,4,5)6;1-3-2;1-5(2,3)4;2*1-2-3;2*1-2;;;/h1-2H3,(H,4,5);1-2H3,(H2-,3,4,5,6);1-2H3;1-2H3;2*2H,1H3;2*1-2H3;;;/q;2*-1;;;;;;3*+1/p-1. The summed E-state index contributed by atoms with van der Waals surface area (Å²) in [5, 5.41) is 6.75. The first-order valence-corrected chi connectivity index (χ1v) is 13.2. The fourth-order valence-electron chi connectivity index (χ4n) is 0. The van der Waals surface area contributed by atoms with Crippen molar-refractivity contribution in [2.45, 2.75) is 48.5 Å². The van der Waals surface area contributed by atoms with E-state index in [1.165, 1.54) is 27.8 Å². The molecule has 0 radical (unpaired) electrons. The summed E-state index contributed by atoms with van der Waals surface area (Å²) in [6.07, 6.45) is 4.58. The molecule has 0 rings (SSSR count). The van der Waals surface area contributed by atoms with Gasteiger partial charge in [0.1, 0.15) is 22.4 Å². The van der Waals surface area contributed by atoms with E-state index in [2.05, 4.69) is 15.4 Å². The second-order valence-electron chi connectivity index (χ2n) is 4.17. The Balaban J connectivity index is -0.0000000191. The molecule has 0 aliphatic heterocycles. The van der Waals surface area contributed by atoms with Crippen LogP contribution < -0.4 is 175 Å². The fourth-order valence-corrected chi connectivity index (χ4v) is 0. The molecule has 0 saturated carbocycles. The molecule has 0 aliphatic carbocycles. The molecule has 1 amide bonds. The van der Waals surface area contributed by atoms with Crippen molar-refractivity contribution in [1.82, 2.24) is 0 Å². The first-order chi connectivity index (χ1) is 13.3. The topological polar surface area (TPSA) is 185 Å². The van der Waals surface area contributed by atoms with Crippen molar-refractivity contribution in [3.05, 3.63) is 15.4 Å². The molecule has 0 bridgehead atoms. The van der Waals surface area contributed by atoms with Crippen molar-refractivity contribution in [2.75, 3.05) is 47.0 Å². The summed E-state index contributed by atoms with van der Waals surface area (Å²) in [5.74, 6) is -0.120. The fraction of sp³-hybridized carbons (Fsp3) is 0.824. The monoisotopic (exact) mass is 739 g/mol. The minimum absolute atomic E-state index is 0. The molecule has 0 fully saturated rings. The quantitative estimate of drug-likeness (QED) is 0.250. The Labute approximate surface area is 351 Å². The SMILES string of the molecule is CC.CC.CC=O.CC=O.CS(C)(=O)=O.C[N-]C.C[N-]C(C)=O.C[N-]S(C)(=O)(O)O.[Rb+].[Rb+].[Rb+]. The molecular formula is C17H46N3O8Rb3S2. The molecule has 0 aromatic heterocycles. The summed E-state index contributed by atoms with van der Waals surface area (Å²) in [6.45, 7) is 12.3. The number of aldehydes is 2. The van der Waals surface area contributed by atoms with Gasteiger partial charge in [-0.15, -0.1) is 7.05 Å². The molecule has 0 aromatic rings. The minimum atomic E-state index is -4.49. The predicted molar refractivity (Wildman–Crippen MR) is 131 cm³/mol. The van der Waals surface area contributed by atoms with E-state index in [-0.39, 0.29) is 180 Å². The second kappa shape index (κ2) is 56.4. The zero-order chi connectivity index (χ0) is 27.1. The Morgan fingerprint density at radius 3 is 0.879 bits per heavy atom. The molecule has 2 N–H and O–H groups in total. The van der Waals surface area contributed by atoms with Gasteiger partial charge in [-0.3, -0.25) is 4.21 Å². The van der Waals surface area contributed by atoms with E-state index in [1.807, 2.05) is 27.7 Å². The van der Waals surface area contributed by atoms with Crippen LogP contribution in [-0.2, 0) is 34.0 Å². The van der Waals surface area contributed by atoms with Gasteiger partial charge >= 0.3 is 175 Å². The minimum Gasteiger partial charge on any atom is -0.668 e. The Hall–Kier alpha value is 4.17. The van der Waals surface area contributed by atoms with E-state index in [0.717, 1.165) is 38.4 Å². The number of sulfone groups is 1. The van der Waals surface area contributed by atoms with Gasteiger partial charge in [-0.1, -0.05) is 27.7 Å².